The molecular formula is C23H33N5O9. The first-order valence-corrected chi connectivity index (χ1v) is 11.4. The van der Waals surface area contributed by atoms with Crippen molar-refractivity contribution >= 4 is 35.6 Å². The molecule has 0 fully saturated rings. The molecule has 0 saturated carbocycles. The van der Waals surface area contributed by atoms with Gasteiger partial charge >= 0.3 is 11.9 Å². The van der Waals surface area contributed by atoms with Crippen molar-refractivity contribution in [1.29, 1.82) is 0 Å². The number of nitrogens with one attached hydrogen (secondary N) is 4. The molecule has 0 radical (unpaired) electrons. The lowest BCUT2D eigenvalue weighted by atomic mass is 10.0. The summed E-state index contributed by atoms with van der Waals surface area (Å²) in [5.74, 6) is -5.95. The van der Waals surface area contributed by atoms with Gasteiger partial charge in [-0.15, -0.1) is 0 Å². The van der Waals surface area contributed by atoms with E-state index in [0.717, 1.165) is 0 Å². The van der Waals surface area contributed by atoms with Crippen LogP contribution in [0.1, 0.15) is 32.3 Å². The molecule has 5 atom stereocenters. The molecule has 9 N–H and O–H groups in total. The predicted octanol–water partition coefficient (Wildman–Crippen LogP) is -2.52. The maximum Gasteiger partial charge on any atom is 0.326 e. The number of aliphatic hydroxyl groups excluding tert-OH is 1. The molecule has 1 aromatic carbocycles. The third-order valence-corrected chi connectivity index (χ3v) is 5.10. The van der Waals surface area contributed by atoms with Crippen molar-refractivity contribution in [1.82, 2.24) is 21.3 Å². The fourth-order valence-electron chi connectivity index (χ4n) is 3.07. The topological polar surface area (TPSA) is 237 Å². The number of carbonyl (C=O) groups excluding carboxylic acids is 4. The van der Waals surface area contributed by atoms with Gasteiger partial charge in [-0.25, -0.2) is 4.79 Å². The lowest BCUT2D eigenvalue weighted by molar-refractivity contribution is -0.143. The Morgan fingerprint density at radius 3 is 1.97 bits per heavy atom. The zero-order valence-electron chi connectivity index (χ0n) is 20.5. The molecule has 1 aromatic rings. The van der Waals surface area contributed by atoms with Gasteiger partial charge in [0.2, 0.25) is 23.6 Å². The monoisotopic (exact) mass is 523 g/mol. The molecule has 0 aliphatic carbocycles. The minimum Gasteiger partial charge on any atom is -0.481 e. The number of hydrogen-bond donors (Lipinski definition) is 8. The summed E-state index contributed by atoms with van der Waals surface area (Å²) in [7, 11) is 0. The van der Waals surface area contributed by atoms with Crippen LogP contribution in [0.3, 0.4) is 0 Å². The van der Waals surface area contributed by atoms with Crippen molar-refractivity contribution in [3.63, 3.8) is 0 Å². The summed E-state index contributed by atoms with van der Waals surface area (Å²) in [4.78, 5) is 71.8. The zero-order chi connectivity index (χ0) is 28.1. The van der Waals surface area contributed by atoms with Crippen LogP contribution in [0.5, 0.6) is 0 Å². The average molecular weight is 524 g/mol. The van der Waals surface area contributed by atoms with E-state index in [0.29, 0.717) is 5.56 Å². The van der Waals surface area contributed by atoms with Gasteiger partial charge in [-0.05, 0) is 25.8 Å². The molecule has 0 bridgehead atoms. The number of aliphatic hydroxyl groups is 1. The van der Waals surface area contributed by atoms with E-state index < -0.39 is 78.8 Å². The summed E-state index contributed by atoms with van der Waals surface area (Å²) in [6.07, 6.45) is -2.16. The lowest BCUT2D eigenvalue weighted by Crippen LogP contribution is -2.58. The number of rotatable bonds is 15. The van der Waals surface area contributed by atoms with E-state index in [9.17, 15) is 39.0 Å². The first-order chi connectivity index (χ1) is 17.3. The average Bonchev–Trinajstić information content (AvgIpc) is 2.82. The Labute approximate surface area is 213 Å². The Balaban J connectivity index is 2.77. The Hall–Kier alpha value is -4.04. The highest BCUT2D eigenvalue weighted by Crippen LogP contribution is 2.05. The van der Waals surface area contributed by atoms with Gasteiger partial charge in [0.1, 0.15) is 18.1 Å². The van der Waals surface area contributed by atoms with Crippen molar-refractivity contribution in [3.8, 4) is 0 Å². The second-order valence-electron chi connectivity index (χ2n) is 8.37. The molecule has 0 heterocycles. The second kappa shape index (κ2) is 15.2. The summed E-state index contributed by atoms with van der Waals surface area (Å²) in [6.45, 7) is 1.89. The Morgan fingerprint density at radius 2 is 1.46 bits per heavy atom. The van der Waals surface area contributed by atoms with Crippen LogP contribution < -0.4 is 27.0 Å². The Morgan fingerprint density at radius 1 is 0.865 bits per heavy atom. The molecule has 0 aliphatic heterocycles. The number of hydrogen-bond acceptors (Lipinski definition) is 8. The normalized spacial score (nSPS) is 14.7. The molecular weight excluding hydrogens is 490 g/mol. The highest BCUT2D eigenvalue weighted by Gasteiger charge is 2.30. The number of carboxylic acid groups (broad SMARTS) is 2. The molecule has 0 aliphatic rings. The third-order valence-electron chi connectivity index (χ3n) is 5.10. The largest absolute Gasteiger partial charge is 0.481 e. The van der Waals surface area contributed by atoms with Gasteiger partial charge in [-0.2, -0.15) is 0 Å². The van der Waals surface area contributed by atoms with E-state index in [-0.39, 0.29) is 12.8 Å². The quantitative estimate of drug-likeness (QED) is 0.120. The zero-order valence-corrected chi connectivity index (χ0v) is 20.5. The standard InChI is InChI=1S/C23H33N5O9/c1-12(24)20(33)26-15(8-9-18(31)32)21(34)25-11-17(30)28-19(13(2)29)22(35)27-16(23(36)37)10-14-6-4-3-5-7-14/h3-7,12-13,15-16,19,29H,8-11,24H2,1-2H3,(H,25,34)(H,26,33)(H,27,35)(H,28,30)(H,31,32)(H,36,37)/t12-,13+,15-,16-,19-/m0/s1. The summed E-state index contributed by atoms with van der Waals surface area (Å²) in [5, 5.41) is 37.3. The molecule has 14 heteroatoms. The number of amides is 4. The van der Waals surface area contributed by atoms with Crippen molar-refractivity contribution in [2.45, 2.75) is 63.4 Å². The summed E-state index contributed by atoms with van der Waals surface area (Å²) >= 11 is 0. The summed E-state index contributed by atoms with van der Waals surface area (Å²) in [6, 6.07) is 3.39. The molecule has 37 heavy (non-hydrogen) atoms. The maximum atomic E-state index is 12.7. The van der Waals surface area contributed by atoms with Gasteiger partial charge in [0.05, 0.1) is 18.7 Å². The second-order valence-corrected chi connectivity index (χ2v) is 8.37. The fraction of sp³-hybridized carbons (Fsp3) is 0.478. The van der Waals surface area contributed by atoms with Crippen molar-refractivity contribution in [2.24, 2.45) is 5.73 Å². The van der Waals surface area contributed by atoms with Crippen molar-refractivity contribution in [2.75, 3.05) is 6.54 Å². The molecule has 1 rings (SSSR count). The number of nitrogens with two attached hydrogens (primary N) is 1. The maximum absolute atomic E-state index is 12.7. The smallest absolute Gasteiger partial charge is 0.326 e. The van der Waals surface area contributed by atoms with Gasteiger partial charge in [0, 0.05) is 12.8 Å². The highest BCUT2D eigenvalue weighted by atomic mass is 16.4. The summed E-state index contributed by atoms with van der Waals surface area (Å²) < 4.78 is 0. The van der Waals surface area contributed by atoms with Crippen LogP contribution in [0.2, 0.25) is 0 Å². The number of benzene rings is 1. The number of carboxylic acids is 2. The fourth-order valence-corrected chi connectivity index (χ4v) is 3.07. The van der Waals surface area contributed by atoms with Crippen LogP contribution in [0.15, 0.2) is 30.3 Å². The van der Waals surface area contributed by atoms with Gasteiger partial charge in [-0.1, -0.05) is 30.3 Å². The molecule has 0 unspecified atom stereocenters. The Kier molecular flexibility index (Phi) is 12.7. The van der Waals surface area contributed by atoms with E-state index in [2.05, 4.69) is 21.3 Å². The van der Waals surface area contributed by atoms with Crippen LogP contribution in [0.4, 0.5) is 0 Å². The van der Waals surface area contributed by atoms with E-state index >= 15 is 0 Å². The van der Waals surface area contributed by atoms with Gasteiger partial charge in [0.15, 0.2) is 0 Å². The van der Waals surface area contributed by atoms with Gasteiger partial charge < -0.3 is 42.3 Å². The van der Waals surface area contributed by atoms with E-state index in [4.69, 9.17) is 10.8 Å². The minimum atomic E-state index is -1.54. The first-order valence-electron chi connectivity index (χ1n) is 11.4. The first kappa shape index (κ1) is 31.0. The SMILES string of the molecule is C[C@H](N)C(=O)N[C@@H](CCC(=O)O)C(=O)NCC(=O)N[C@H](C(=O)N[C@@H](Cc1ccccc1)C(=O)O)[C@@H](C)O. The number of aliphatic carboxylic acids is 2. The predicted molar refractivity (Wildman–Crippen MR) is 129 cm³/mol. The van der Waals surface area contributed by atoms with Crippen LogP contribution in [-0.2, 0) is 35.2 Å². The van der Waals surface area contributed by atoms with Crippen LogP contribution in [-0.4, -0.2) is 87.7 Å². The molecule has 4 amide bonds. The minimum absolute atomic E-state index is 0.0384. The van der Waals surface area contributed by atoms with Crippen molar-refractivity contribution < 1.29 is 44.1 Å². The molecule has 0 saturated heterocycles. The third kappa shape index (κ3) is 11.5. The molecule has 204 valence electrons. The van der Waals surface area contributed by atoms with Crippen LogP contribution >= 0.6 is 0 Å². The van der Waals surface area contributed by atoms with E-state index in [1.165, 1.54) is 13.8 Å². The van der Waals surface area contributed by atoms with Gasteiger partial charge in [-0.3, -0.25) is 24.0 Å². The lowest BCUT2D eigenvalue weighted by Gasteiger charge is -2.24. The Bertz CT molecular complexity index is 969. The molecule has 0 spiro atoms. The van der Waals surface area contributed by atoms with Crippen molar-refractivity contribution in [3.05, 3.63) is 35.9 Å². The highest BCUT2D eigenvalue weighted by molar-refractivity contribution is 5.94. The molecule has 0 aromatic heterocycles. The van der Waals surface area contributed by atoms with E-state index in [1.807, 2.05) is 0 Å². The van der Waals surface area contributed by atoms with E-state index in [1.54, 1.807) is 30.3 Å². The van der Waals surface area contributed by atoms with Gasteiger partial charge in [0.25, 0.3) is 0 Å². The molecule has 14 nitrogen and oxygen atoms in total. The van der Waals surface area contributed by atoms with Crippen LogP contribution in [0, 0.1) is 0 Å². The summed E-state index contributed by atoms with van der Waals surface area (Å²) in [5.41, 5.74) is 6.09. The van der Waals surface area contributed by atoms with Crippen LogP contribution in [0.25, 0.3) is 0 Å². The number of carbonyl (C=O) groups is 6.